The van der Waals surface area contributed by atoms with E-state index in [1.165, 1.54) is 5.56 Å². The minimum atomic E-state index is -1.99. The fourth-order valence-corrected chi connectivity index (χ4v) is 3.33. The summed E-state index contributed by atoms with van der Waals surface area (Å²) in [4.78, 5) is 16.4. The van der Waals surface area contributed by atoms with Crippen molar-refractivity contribution in [2.75, 3.05) is 5.32 Å². The lowest BCUT2D eigenvalue weighted by atomic mass is 10.1. The number of nitrogens with zero attached hydrogens (tertiary/aromatic N) is 1. The molecule has 0 atom stereocenters. The van der Waals surface area contributed by atoms with E-state index in [2.05, 4.69) is 24.4 Å². The van der Waals surface area contributed by atoms with Crippen LogP contribution in [0.5, 0.6) is 0 Å². The van der Waals surface area contributed by atoms with Crippen LogP contribution in [0.25, 0.3) is 21.8 Å². The molecule has 1 amide bonds. The first-order valence-corrected chi connectivity index (χ1v) is 9.36. The number of carbonyl (C=O) groups is 1. The molecule has 0 aliphatic heterocycles. The molecule has 0 spiro atoms. The smallest absolute Gasteiger partial charge is 0.276 e. The van der Waals surface area contributed by atoms with Crippen LogP contribution in [0.3, 0.4) is 0 Å². The maximum Gasteiger partial charge on any atom is 0.276 e. The molecule has 7 heteroatoms. The summed E-state index contributed by atoms with van der Waals surface area (Å²) in [6.45, 7) is 2.07. The first kappa shape index (κ1) is 18.2. The van der Waals surface area contributed by atoms with E-state index in [-0.39, 0.29) is 0 Å². The molecule has 1 aromatic heterocycles. The summed E-state index contributed by atoms with van der Waals surface area (Å²) in [5, 5.41) is 5.53. The molecule has 3 rings (SSSR count). The molecule has 3 nitrogen and oxygen atoms in total. The SMILES string of the molecule is Cc1ccccc1-c1nc(-c2ccc(NC(=O)C(Cl)(Cl)Cl)cc2)cs1. The fraction of sp³-hybridized carbons (Fsp3) is 0.111. The number of rotatable bonds is 3. The van der Waals surface area contributed by atoms with Gasteiger partial charge in [-0.15, -0.1) is 11.3 Å². The van der Waals surface area contributed by atoms with Gasteiger partial charge < -0.3 is 5.32 Å². The van der Waals surface area contributed by atoms with Crippen molar-refractivity contribution in [3.05, 3.63) is 59.5 Å². The van der Waals surface area contributed by atoms with Crippen molar-refractivity contribution in [1.29, 1.82) is 0 Å². The van der Waals surface area contributed by atoms with Gasteiger partial charge in [-0.25, -0.2) is 4.98 Å². The van der Waals surface area contributed by atoms with Gasteiger partial charge in [0.1, 0.15) is 5.01 Å². The van der Waals surface area contributed by atoms with E-state index in [1.54, 1.807) is 23.5 Å². The lowest BCUT2D eigenvalue weighted by Gasteiger charge is -2.11. The molecule has 1 heterocycles. The normalized spacial score (nSPS) is 11.4. The van der Waals surface area contributed by atoms with Crippen molar-refractivity contribution in [2.45, 2.75) is 10.7 Å². The van der Waals surface area contributed by atoms with Crippen molar-refractivity contribution in [2.24, 2.45) is 0 Å². The van der Waals surface area contributed by atoms with Gasteiger partial charge in [0.05, 0.1) is 5.69 Å². The van der Waals surface area contributed by atoms with Gasteiger partial charge in [-0.2, -0.15) is 0 Å². The fourth-order valence-electron chi connectivity index (χ4n) is 2.27. The first-order valence-electron chi connectivity index (χ1n) is 7.35. The van der Waals surface area contributed by atoms with Gasteiger partial charge in [0.25, 0.3) is 9.70 Å². The zero-order valence-corrected chi connectivity index (χ0v) is 16.2. The molecule has 0 unspecified atom stereocenters. The number of thiazole rings is 1. The number of aryl methyl sites for hydroxylation is 1. The summed E-state index contributed by atoms with van der Waals surface area (Å²) in [6, 6.07) is 15.4. The number of aromatic nitrogens is 1. The Morgan fingerprint density at radius 3 is 2.40 bits per heavy atom. The number of hydrogen-bond acceptors (Lipinski definition) is 3. The summed E-state index contributed by atoms with van der Waals surface area (Å²) in [5.74, 6) is -0.694. The summed E-state index contributed by atoms with van der Waals surface area (Å²) in [7, 11) is 0. The van der Waals surface area contributed by atoms with E-state index in [0.29, 0.717) is 5.69 Å². The van der Waals surface area contributed by atoms with Crippen LogP contribution in [-0.2, 0) is 4.79 Å². The highest BCUT2D eigenvalue weighted by Crippen LogP contribution is 2.32. The van der Waals surface area contributed by atoms with Crippen molar-refractivity contribution in [3.8, 4) is 21.8 Å². The second kappa shape index (κ2) is 7.34. The van der Waals surface area contributed by atoms with E-state index in [1.807, 2.05) is 29.6 Å². The van der Waals surface area contributed by atoms with Gasteiger partial charge in [0, 0.05) is 22.2 Å². The molecular formula is C18H13Cl3N2OS. The molecule has 25 heavy (non-hydrogen) atoms. The summed E-state index contributed by atoms with van der Waals surface area (Å²) >= 11 is 18.2. The van der Waals surface area contributed by atoms with Crippen LogP contribution in [0.15, 0.2) is 53.9 Å². The zero-order valence-electron chi connectivity index (χ0n) is 13.1. The second-order valence-electron chi connectivity index (χ2n) is 5.38. The topological polar surface area (TPSA) is 42.0 Å². The molecule has 1 N–H and O–H groups in total. The molecular weight excluding hydrogens is 399 g/mol. The van der Waals surface area contributed by atoms with Crippen molar-refractivity contribution < 1.29 is 4.79 Å². The molecule has 0 saturated heterocycles. The van der Waals surface area contributed by atoms with E-state index < -0.39 is 9.70 Å². The van der Waals surface area contributed by atoms with Crippen molar-refractivity contribution in [3.63, 3.8) is 0 Å². The minimum absolute atomic E-state index is 0.550. The third-order valence-corrected chi connectivity index (χ3v) is 4.97. The lowest BCUT2D eigenvalue weighted by Crippen LogP contribution is -2.26. The summed E-state index contributed by atoms with van der Waals surface area (Å²) in [5.41, 5.74) is 4.69. The zero-order chi connectivity index (χ0) is 18.0. The number of alkyl halides is 3. The molecule has 0 saturated carbocycles. The maximum absolute atomic E-state index is 11.7. The van der Waals surface area contributed by atoms with E-state index in [9.17, 15) is 4.79 Å². The Balaban J connectivity index is 1.80. The van der Waals surface area contributed by atoms with Gasteiger partial charge >= 0.3 is 0 Å². The molecule has 0 bridgehead atoms. The lowest BCUT2D eigenvalue weighted by molar-refractivity contribution is -0.115. The molecule has 0 aliphatic carbocycles. The third-order valence-electron chi connectivity index (χ3n) is 3.58. The van der Waals surface area contributed by atoms with Gasteiger partial charge in [-0.1, -0.05) is 71.2 Å². The van der Waals surface area contributed by atoms with Crippen molar-refractivity contribution in [1.82, 2.24) is 4.98 Å². The van der Waals surface area contributed by atoms with Crippen LogP contribution in [0, 0.1) is 6.92 Å². The van der Waals surface area contributed by atoms with Crippen LogP contribution >= 0.6 is 46.1 Å². The number of nitrogens with one attached hydrogen (secondary N) is 1. The first-order chi connectivity index (χ1) is 11.8. The Hall–Kier alpha value is -1.59. The number of carbonyl (C=O) groups excluding carboxylic acids is 1. The summed E-state index contributed by atoms with van der Waals surface area (Å²) in [6.07, 6.45) is 0. The van der Waals surface area contributed by atoms with Crippen LogP contribution in [0.2, 0.25) is 0 Å². The van der Waals surface area contributed by atoms with Crippen LogP contribution in [0.4, 0.5) is 5.69 Å². The van der Waals surface area contributed by atoms with Gasteiger partial charge in [-0.05, 0) is 24.6 Å². The highest BCUT2D eigenvalue weighted by atomic mass is 35.6. The number of benzene rings is 2. The second-order valence-corrected chi connectivity index (χ2v) is 8.52. The number of anilines is 1. The predicted octanol–water partition coefficient (Wildman–Crippen LogP) is 6.09. The van der Waals surface area contributed by atoms with E-state index in [4.69, 9.17) is 39.8 Å². The molecule has 2 aromatic carbocycles. The van der Waals surface area contributed by atoms with E-state index in [0.717, 1.165) is 21.8 Å². The highest BCUT2D eigenvalue weighted by Gasteiger charge is 2.30. The highest BCUT2D eigenvalue weighted by molar-refractivity contribution is 7.13. The van der Waals surface area contributed by atoms with Gasteiger partial charge in [0.15, 0.2) is 0 Å². The maximum atomic E-state index is 11.7. The monoisotopic (exact) mass is 410 g/mol. The largest absolute Gasteiger partial charge is 0.322 e. The Morgan fingerprint density at radius 1 is 1.08 bits per heavy atom. The number of halogens is 3. The predicted molar refractivity (Wildman–Crippen MR) is 107 cm³/mol. The Bertz CT molecular complexity index is 901. The molecule has 0 radical (unpaired) electrons. The number of hydrogen-bond donors (Lipinski definition) is 1. The Labute approximate surface area is 164 Å². The standard InChI is InChI=1S/C18H13Cl3N2OS/c1-11-4-2-3-5-14(11)16-23-15(10-25-16)12-6-8-13(9-7-12)22-17(24)18(19,20)21/h2-10H,1H3,(H,22,24). The Morgan fingerprint density at radius 2 is 1.76 bits per heavy atom. The van der Waals surface area contributed by atoms with Crippen LogP contribution in [0.1, 0.15) is 5.56 Å². The summed E-state index contributed by atoms with van der Waals surface area (Å²) < 4.78 is -1.99. The van der Waals surface area contributed by atoms with Gasteiger partial charge in [0.2, 0.25) is 0 Å². The minimum Gasteiger partial charge on any atom is -0.322 e. The molecule has 0 aliphatic rings. The average molecular weight is 412 g/mol. The quantitative estimate of drug-likeness (QED) is 0.529. The number of amides is 1. The van der Waals surface area contributed by atoms with Gasteiger partial charge in [-0.3, -0.25) is 4.79 Å². The van der Waals surface area contributed by atoms with Crippen LogP contribution in [-0.4, -0.2) is 14.7 Å². The van der Waals surface area contributed by atoms with Crippen LogP contribution < -0.4 is 5.32 Å². The van der Waals surface area contributed by atoms with Crippen molar-refractivity contribution >= 4 is 57.7 Å². The Kier molecular flexibility index (Phi) is 5.35. The average Bonchev–Trinajstić information content (AvgIpc) is 3.05. The molecule has 3 aromatic rings. The third kappa shape index (κ3) is 4.33. The molecule has 128 valence electrons. The molecule has 0 fully saturated rings. The van der Waals surface area contributed by atoms with E-state index >= 15 is 0 Å².